The number of benzene rings is 1. The summed E-state index contributed by atoms with van der Waals surface area (Å²) in [5.41, 5.74) is 1.16. The predicted molar refractivity (Wildman–Crippen MR) is 76.5 cm³/mol. The normalized spacial score (nSPS) is 16.6. The minimum Gasteiger partial charge on any atom is -0.488 e. The van der Waals surface area contributed by atoms with Gasteiger partial charge in [0.2, 0.25) is 0 Å². The maximum Gasteiger partial charge on any atom is 0.138 e. The molecular formula is C15H22ClNO. The Morgan fingerprint density at radius 2 is 2.22 bits per heavy atom. The highest BCUT2D eigenvalue weighted by molar-refractivity contribution is 6.32. The molecule has 3 heteroatoms. The molecule has 1 unspecified atom stereocenters. The van der Waals surface area contributed by atoms with Crippen LogP contribution in [0.5, 0.6) is 5.75 Å². The van der Waals surface area contributed by atoms with Crippen molar-refractivity contribution in [3.63, 3.8) is 0 Å². The number of ether oxygens (including phenoxy) is 1. The van der Waals surface area contributed by atoms with Gasteiger partial charge in [-0.3, -0.25) is 0 Å². The highest BCUT2D eigenvalue weighted by Gasteiger charge is 2.22. The van der Waals surface area contributed by atoms with E-state index in [1.165, 1.54) is 12.8 Å². The zero-order chi connectivity index (χ0) is 13.0. The number of hydrogen-bond acceptors (Lipinski definition) is 2. The quantitative estimate of drug-likeness (QED) is 0.808. The third-order valence-corrected chi connectivity index (χ3v) is 3.50. The molecule has 1 aromatic rings. The molecule has 0 saturated heterocycles. The molecule has 0 bridgehead atoms. The van der Waals surface area contributed by atoms with E-state index in [0.29, 0.717) is 5.02 Å². The Morgan fingerprint density at radius 1 is 1.44 bits per heavy atom. The minimum atomic E-state index is 0.218. The van der Waals surface area contributed by atoms with Gasteiger partial charge in [-0.1, -0.05) is 31.0 Å². The molecule has 1 N–H and O–H groups in total. The fraction of sp³-hybridized carbons (Fsp3) is 0.600. The third kappa shape index (κ3) is 4.18. The molecule has 0 aromatic heterocycles. The summed E-state index contributed by atoms with van der Waals surface area (Å²) >= 11 is 6.20. The third-order valence-electron chi connectivity index (χ3n) is 3.20. The molecule has 100 valence electrons. The summed E-state index contributed by atoms with van der Waals surface area (Å²) in [5.74, 6) is 0.804. The molecule has 2 nitrogen and oxygen atoms in total. The smallest absolute Gasteiger partial charge is 0.138 e. The van der Waals surface area contributed by atoms with Crippen molar-refractivity contribution in [3.05, 3.63) is 28.8 Å². The largest absolute Gasteiger partial charge is 0.488 e. The second-order valence-electron chi connectivity index (χ2n) is 5.14. The summed E-state index contributed by atoms with van der Waals surface area (Å²) in [7, 11) is 0. The van der Waals surface area contributed by atoms with Crippen LogP contribution in [0.2, 0.25) is 5.02 Å². The van der Waals surface area contributed by atoms with Crippen LogP contribution in [0.4, 0.5) is 0 Å². The molecule has 1 aliphatic rings. The van der Waals surface area contributed by atoms with Gasteiger partial charge in [0.15, 0.2) is 0 Å². The van der Waals surface area contributed by atoms with Crippen molar-refractivity contribution in [2.75, 3.05) is 6.54 Å². The molecule has 0 heterocycles. The summed E-state index contributed by atoms with van der Waals surface area (Å²) in [6, 6.07) is 6.69. The van der Waals surface area contributed by atoms with E-state index >= 15 is 0 Å². The van der Waals surface area contributed by atoms with Crippen molar-refractivity contribution < 1.29 is 4.74 Å². The highest BCUT2D eigenvalue weighted by Crippen LogP contribution is 2.27. The van der Waals surface area contributed by atoms with E-state index < -0.39 is 0 Å². The predicted octanol–water partition coefficient (Wildman–Crippen LogP) is 3.95. The maximum atomic E-state index is 6.20. The van der Waals surface area contributed by atoms with Crippen molar-refractivity contribution in [1.82, 2.24) is 5.32 Å². The topological polar surface area (TPSA) is 21.3 Å². The number of aryl methyl sites for hydroxylation is 1. The van der Waals surface area contributed by atoms with Crippen LogP contribution in [0, 0.1) is 6.92 Å². The van der Waals surface area contributed by atoms with Crippen LogP contribution in [-0.2, 0) is 0 Å². The lowest BCUT2D eigenvalue weighted by Crippen LogP contribution is -2.32. The van der Waals surface area contributed by atoms with Gasteiger partial charge in [0.25, 0.3) is 0 Å². The van der Waals surface area contributed by atoms with E-state index in [9.17, 15) is 0 Å². The van der Waals surface area contributed by atoms with Crippen molar-refractivity contribution in [1.29, 1.82) is 0 Å². The summed E-state index contributed by atoms with van der Waals surface area (Å²) < 4.78 is 6.02. The van der Waals surface area contributed by atoms with Crippen molar-refractivity contribution in [3.8, 4) is 5.75 Å². The lowest BCUT2D eigenvalue weighted by molar-refractivity contribution is 0.186. The van der Waals surface area contributed by atoms with E-state index in [0.717, 1.165) is 36.7 Å². The lowest BCUT2D eigenvalue weighted by atomic mass is 10.2. The van der Waals surface area contributed by atoms with Crippen LogP contribution < -0.4 is 10.1 Å². The molecule has 0 radical (unpaired) electrons. The first kappa shape index (κ1) is 13.7. The average Bonchev–Trinajstić information content (AvgIpc) is 3.13. The Hall–Kier alpha value is -0.730. The van der Waals surface area contributed by atoms with Gasteiger partial charge in [0, 0.05) is 12.6 Å². The van der Waals surface area contributed by atoms with Crippen molar-refractivity contribution in [2.24, 2.45) is 0 Å². The number of halogens is 1. The Bertz CT molecular complexity index is 390. The Morgan fingerprint density at radius 3 is 2.83 bits per heavy atom. The van der Waals surface area contributed by atoms with E-state index in [1.807, 2.05) is 25.1 Å². The molecule has 1 saturated carbocycles. The SMILES string of the molecule is CCCC(CNC1CC1)Oc1ccc(C)cc1Cl. The van der Waals surface area contributed by atoms with E-state index in [4.69, 9.17) is 16.3 Å². The van der Waals surface area contributed by atoms with E-state index in [2.05, 4.69) is 12.2 Å². The van der Waals surface area contributed by atoms with Crippen molar-refractivity contribution >= 4 is 11.6 Å². The van der Waals surface area contributed by atoms with Gasteiger partial charge >= 0.3 is 0 Å². The van der Waals surface area contributed by atoms with Gasteiger partial charge in [0.05, 0.1) is 5.02 Å². The average molecular weight is 268 g/mol. The summed E-state index contributed by atoms with van der Waals surface area (Å²) in [6.07, 6.45) is 5.02. The standard InChI is InChI=1S/C15H22ClNO/c1-3-4-13(10-17-12-6-7-12)18-15-8-5-11(2)9-14(15)16/h5,8-9,12-13,17H,3-4,6-7,10H2,1-2H3. The minimum absolute atomic E-state index is 0.218. The van der Waals surface area contributed by atoms with E-state index in [1.54, 1.807) is 0 Å². The Labute approximate surface area is 115 Å². The molecule has 1 atom stereocenters. The fourth-order valence-electron chi connectivity index (χ4n) is 1.99. The van der Waals surface area contributed by atoms with Crippen LogP contribution in [-0.4, -0.2) is 18.7 Å². The van der Waals surface area contributed by atoms with Crippen LogP contribution in [0.3, 0.4) is 0 Å². The molecule has 1 aromatic carbocycles. The molecule has 1 aliphatic carbocycles. The number of nitrogens with one attached hydrogen (secondary N) is 1. The summed E-state index contributed by atoms with van der Waals surface area (Å²) in [6.45, 7) is 5.14. The molecule has 0 spiro atoms. The van der Waals surface area contributed by atoms with E-state index in [-0.39, 0.29) is 6.10 Å². The van der Waals surface area contributed by atoms with Crippen LogP contribution in [0.1, 0.15) is 38.2 Å². The number of rotatable bonds is 7. The molecule has 2 rings (SSSR count). The summed E-state index contributed by atoms with van der Waals surface area (Å²) in [4.78, 5) is 0. The second-order valence-corrected chi connectivity index (χ2v) is 5.55. The van der Waals surface area contributed by atoms with Gasteiger partial charge in [-0.2, -0.15) is 0 Å². The second kappa shape index (κ2) is 6.44. The molecule has 0 amide bonds. The van der Waals surface area contributed by atoms with Crippen LogP contribution in [0.15, 0.2) is 18.2 Å². The highest BCUT2D eigenvalue weighted by atomic mass is 35.5. The zero-order valence-corrected chi connectivity index (χ0v) is 12.0. The Kier molecular flexibility index (Phi) is 4.90. The first-order valence-corrected chi connectivity index (χ1v) is 7.23. The van der Waals surface area contributed by atoms with Gasteiger partial charge < -0.3 is 10.1 Å². The van der Waals surface area contributed by atoms with Gasteiger partial charge in [-0.25, -0.2) is 0 Å². The lowest BCUT2D eigenvalue weighted by Gasteiger charge is -2.20. The van der Waals surface area contributed by atoms with Crippen LogP contribution >= 0.6 is 11.6 Å². The first-order valence-electron chi connectivity index (χ1n) is 6.85. The van der Waals surface area contributed by atoms with Crippen molar-refractivity contribution in [2.45, 2.75) is 51.7 Å². The Balaban J connectivity index is 1.92. The zero-order valence-electron chi connectivity index (χ0n) is 11.2. The molecular weight excluding hydrogens is 246 g/mol. The van der Waals surface area contributed by atoms with Crippen LogP contribution in [0.25, 0.3) is 0 Å². The first-order chi connectivity index (χ1) is 8.69. The van der Waals surface area contributed by atoms with Gasteiger partial charge in [-0.15, -0.1) is 0 Å². The van der Waals surface area contributed by atoms with Gasteiger partial charge in [0.1, 0.15) is 11.9 Å². The monoisotopic (exact) mass is 267 g/mol. The number of hydrogen-bond donors (Lipinski definition) is 1. The molecule has 18 heavy (non-hydrogen) atoms. The summed E-state index contributed by atoms with van der Waals surface area (Å²) in [5, 5.41) is 4.24. The van der Waals surface area contributed by atoms with Gasteiger partial charge in [-0.05, 0) is 43.9 Å². The maximum absolute atomic E-state index is 6.20. The fourth-order valence-corrected chi connectivity index (χ4v) is 2.27. The molecule has 0 aliphatic heterocycles. The molecule has 1 fully saturated rings.